The van der Waals surface area contributed by atoms with Gasteiger partial charge in [-0.05, 0) is 24.3 Å². The van der Waals surface area contributed by atoms with Crippen LogP contribution in [0.25, 0.3) is 0 Å². The van der Waals surface area contributed by atoms with E-state index < -0.39 is 11.6 Å². The van der Waals surface area contributed by atoms with E-state index in [1.165, 1.54) is 32.4 Å². The lowest BCUT2D eigenvalue weighted by molar-refractivity contribution is -0.116. The molecule has 0 saturated heterocycles. The van der Waals surface area contributed by atoms with E-state index in [1.54, 1.807) is 24.3 Å². The summed E-state index contributed by atoms with van der Waals surface area (Å²) in [5.41, 5.74) is 0.521. The fraction of sp³-hybridized carbons (Fsp3) is 0.222. The van der Waals surface area contributed by atoms with Crippen LogP contribution in [0.5, 0.6) is 11.5 Å². The molecule has 0 aliphatic rings. The van der Waals surface area contributed by atoms with Gasteiger partial charge in [0.05, 0.1) is 19.8 Å². The number of hydrogen-bond acceptors (Lipinski definition) is 4. The van der Waals surface area contributed by atoms with Crippen molar-refractivity contribution in [3.05, 3.63) is 53.8 Å². The van der Waals surface area contributed by atoms with Crippen LogP contribution in [-0.2, 0) is 4.79 Å². The Morgan fingerprint density at radius 3 is 2.38 bits per heavy atom. The van der Waals surface area contributed by atoms with Gasteiger partial charge in [0, 0.05) is 24.6 Å². The standard InChI is InChI=1S/C18H18FNO4/c1-23-16-9-7-12(11-17(16)24-2)20-18(22)10-8-15(21)13-5-3-4-6-14(13)19/h3-7,9,11H,8,10H2,1-2H3,(H,20,22). The number of carbonyl (C=O) groups is 2. The van der Waals surface area contributed by atoms with E-state index in [-0.39, 0.29) is 24.3 Å². The van der Waals surface area contributed by atoms with Crippen molar-refractivity contribution in [2.24, 2.45) is 0 Å². The molecule has 0 fully saturated rings. The normalized spacial score (nSPS) is 10.1. The van der Waals surface area contributed by atoms with Gasteiger partial charge >= 0.3 is 0 Å². The van der Waals surface area contributed by atoms with Crippen molar-refractivity contribution in [2.75, 3.05) is 19.5 Å². The number of nitrogens with one attached hydrogen (secondary N) is 1. The van der Waals surface area contributed by atoms with E-state index >= 15 is 0 Å². The molecular formula is C18H18FNO4. The maximum atomic E-state index is 13.5. The van der Waals surface area contributed by atoms with Gasteiger partial charge in [0.25, 0.3) is 0 Å². The molecule has 24 heavy (non-hydrogen) atoms. The molecule has 0 aliphatic heterocycles. The number of benzene rings is 2. The first-order chi connectivity index (χ1) is 11.5. The molecule has 2 aromatic rings. The monoisotopic (exact) mass is 331 g/mol. The van der Waals surface area contributed by atoms with Crippen molar-refractivity contribution in [1.29, 1.82) is 0 Å². The number of ketones is 1. The SMILES string of the molecule is COc1ccc(NC(=O)CCC(=O)c2ccccc2F)cc1OC. The smallest absolute Gasteiger partial charge is 0.224 e. The van der Waals surface area contributed by atoms with Crippen molar-refractivity contribution in [3.8, 4) is 11.5 Å². The molecule has 0 heterocycles. The molecule has 0 saturated carbocycles. The molecule has 0 spiro atoms. The predicted molar refractivity (Wildman–Crippen MR) is 88.1 cm³/mol. The Morgan fingerprint density at radius 1 is 1.00 bits per heavy atom. The summed E-state index contributed by atoms with van der Waals surface area (Å²) in [7, 11) is 3.01. The van der Waals surface area contributed by atoms with E-state index in [2.05, 4.69) is 5.32 Å². The molecule has 1 amide bonds. The van der Waals surface area contributed by atoms with Crippen molar-refractivity contribution < 1.29 is 23.5 Å². The van der Waals surface area contributed by atoms with Crippen molar-refractivity contribution in [2.45, 2.75) is 12.8 Å². The molecule has 2 rings (SSSR count). The number of halogens is 1. The molecule has 0 radical (unpaired) electrons. The number of amides is 1. The first-order valence-electron chi connectivity index (χ1n) is 7.34. The first-order valence-corrected chi connectivity index (χ1v) is 7.34. The quantitative estimate of drug-likeness (QED) is 0.789. The van der Waals surface area contributed by atoms with Crippen LogP contribution in [0.2, 0.25) is 0 Å². The van der Waals surface area contributed by atoms with Crippen LogP contribution in [0.1, 0.15) is 23.2 Å². The topological polar surface area (TPSA) is 64.6 Å². The molecule has 0 unspecified atom stereocenters. The molecule has 126 valence electrons. The Morgan fingerprint density at radius 2 is 1.71 bits per heavy atom. The van der Waals surface area contributed by atoms with E-state index in [0.29, 0.717) is 17.2 Å². The Balaban J connectivity index is 1.94. The number of ether oxygens (including phenoxy) is 2. The van der Waals surface area contributed by atoms with Gasteiger partial charge in [0.2, 0.25) is 5.91 Å². The molecule has 6 heteroatoms. The summed E-state index contributed by atoms with van der Waals surface area (Å²) in [6, 6.07) is 10.7. The molecule has 1 N–H and O–H groups in total. The second-order valence-corrected chi connectivity index (χ2v) is 5.02. The Kier molecular flexibility index (Phi) is 5.89. The fourth-order valence-electron chi connectivity index (χ4n) is 2.19. The van der Waals surface area contributed by atoms with Gasteiger partial charge in [0.15, 0.2) is 17.3 Å². The lowest BCUT2D eigenvalue weighted by Crippen LogP contribution is -2.14. The molecular weight excluding hydrogens is 313 g/mol. The van der Waals surface area contributed by atoms with Crippen LogP contribution >= 0.6 is 0 Å². The molecule has 0 bridgehead atoms. The average Bonchev–Trinajstić information content (AvgIpc) is 2.60. The maximum absolute atomic E-state index is 13.5. The zero-order valence-corrected chi connectivity index (χ0v) is 13.5. The van der Waals surface area contributed by atoms with E-state index in [0.717, 1.165) is 0 Å². The Hall–Kier alpha value is -2.89. The summed E-state index contributed by atoms with van der Waals surface area (Å²) in [4.78, 5) is 23.9. The highest BCUT2D eigenvalue weighted by molar-refractivity contribution is 6.00. The molecule has 0 aliphatic carbocycles. The summed E-state index contributed by atoms with van der Waals surface area (Å²) in [5.74, 6) is -0.298. The van der Waals surface area contributed by atoms with E-state index in [1.807, 2.05) is 0 Å². The second kappa shape index (κ2) is 8.10. The number of carbonyl (C=O) groups excluding carboxylic acids is 2. The number of anilines is 1. The first kappa shape index (κ1) is 17.5. The minimum Gasteiger partial charge on any atom is -0.493 e. The molecule has 5 nitrogen and oxygen atoms in total. The zero-order valence-electron chi connectivity index (χ0n) is 13.5. The summed E-state index contributed by atoms with van der Waals surface area (Å²) in [5, 5.41) is 2.67. The average molecular weight is 331 g/mol. The third kappa shape index (κ3) is 4.32. The van der Waals surface area contributed by atoms with Crippen molar-refractivity contribution >= 4 is 17.4 Å². The third-order valence-corrected chi connectivity index (χ3v) is 3.42. The summed E-state index contributed by atoms with van der Waals surface area (Å²) in [6.45, 7) is 0. The van der Waals surface area contributed by atoms with Gasteiger partial charge in [-0.1, -0.05) is 12.1 Å². The number of rotatable bonds is 7. The zero-order chi connectivity index (χ0) is 17.5. The van der Waals surface area contributed by atoms with E-state index in [4.69, 9.17) is 9.47 Å². The number of Topliss-reactive ketones (excluding diaryl/α,β-unsaturated/α-hetero) is 1. The van der Waals surface area contributed by atoms with Gasteiger partial charge in [-0.25, -0.2) is 4.39 Å². The second-order valence-electron chi connectivity index (χ2n) is 5.02. The highest BCUT2D eigenvalue weighted by Crippen LogP contribution is 2.29. The van der Waals surface area contributed by atoms with Gasteiger partial charge in [0.1, 0.15) is 5.82 Å². The van der Waals surface area contributed by atoms with Crippen molar-refractivity contribution in [3.63, 3.8) is 0 Å². The molecule has 0 atom stereocenters. The molecule has 0 aromatic heterocycles. The minimum atomic E-state index is -0.581. The van der Waals surface area contributed by atoms with Crippen LogP contribution in [0.15, 0.2) is 42.5 Å². The van der Waals surface area contributed by atoms with Crippen LogP contribution in [0, 0.1) is 5.82 Å². The summed E-state index contributed by atoms with van der Waals surface area (Å²) < 4.78 is 23.8. The molecule has 2 aromatic carbocycles. The van der Waals surface area contributed by atoms with Gasteiger partial charge in [-0.3, -0.25) is 9.59 Å². The van der Waals surface area contributed by atoms with Gasteiger partial charge < -0.3 is 14.8 Å². The largest absolute Gasteiger partial charge is 0.493 e. The Bertz CT molecular complexity index is 746. The fourth-order valence-corrected chi connectivity index (χ4v) is 2.19. The summed E-state index contributed by atoms with van der Waals surface area (Å²) in [6.07, 6.45) is -0.110. The van der Waals surface area contributed by atoms with Crippen LogP contribution in [0.3, 0.4) is 0 Å². The number of hydrogen-bond donors (Lipinski definition) is 1. The predicted octanol–water partition coefficient (Wildman–Crippen LogP) is 3.44. The minimum absolute atomic E-state index is 0.00332. The highest BCUT2D eigenvalue weighted by Gasteiger charge is 2.13. The van der Waals surface area contributed by atoms with Gasteiger partial charge in [-0.2, -0.15) is 0 Å². The van der Waals surface area contributed by atoms with Crippen LogP contribution in [0.4, 0.5) is 10.1 Å². The van der Waals surface area contributed by atoms with E-state index in [9.17, 15) is 14.0 Å². The number of methoxy groups -OCH3 is 2. The lowest BCUT2D eigenvalue weighted by Gasteiger charge is -2.10. The maximum Gasteiger partial charge on any atom is 0.224 e. The highest BCUT2D eigenvalue weighted by atomic mass is 19.1. The summed E-state index contributed by atoms with van der Waals surface area (Å²) >= 11 is 0. The lowest BCUT2D eigenvalue weighted by atomic mass is 10.1. The third-order valence-electron chi connectivity index (χ3n) is 3.42. The van der Waals surface area contributed by atoms with Crippen molar-refractivity contribution in [1.82, 2.24) is 0 Å². The Labute approximate surface area is 139 Å². The van der Waals surface area contributed by atoms with Gasteiger partial charge in [-0.15, -0.1) is 0 Å². The van der Waals surface area contributed by atoms with Crippen LogP contribution in [-0.4, -0.2) is 25.9 Å². The van der Waals surface area contributed by atoms with Crippen LogP contribution < -0.4 is 14.8 Å².